The second-order valence-corrected chi connectivity index (χ2v) is 4.75. The number of rotatable bonds is 3. The van der Waals surface area contributed by atoms with Gasteiger partial charge in [0.15, 0.2) is 0 Å². The van der Waals surface area contributed by atoms with Crippen molar-refractivity contribution in [1.29, 1.82) is 0 Å². The summed E-state index contributed by atoms with van der Waals surface area (Å²) in [6.07, 6.45) is 0.0743. The summed E-state index contributed by atoms with van der Waals surface area (Å²) in [6, 6.07) is 6.25. The van der Waals surface area contributed by atoms with Crippen molar-refractivity contribution in [3.05, 3.63) is 29.8 Å². The fraction of sp³-hybridized carbons (Fsp3) is 0.182. The van der Waals surface area contributed by atoms with Gasteiger partial charge >= 0.3 is 0 Å². The third kappa shape index (κ3) is 2.47. The van der Waals surface area contributed by atoms with Crippen LogP contribution in [0.4, 0.5) is 0 Å². The Morgan fingerprint density at radius 3 is 2.65 bits per heavy atom. The van der Waals surface area contributed by atoms with E-state index in [1.807, 2.05) is 0 Å². The van der Waals surface area contributed by atoms with Crippen molar-refractivity contribution in [2.24, 2.45) is 0 Å². The van der Waals surface area contributed by atoms with Crippen LogP contribution in [0.15, 0.2) is 29.2 Å². The molecule has 1 aromatic carbocycles. The lowest BCUT2D eigenvalue weighted by molar-refractivity contribution is -0.255. The highest BCUT2D eigenvalue weighted by molar-refractivity contribution is 8.00. The van der Waals surface area contributed by atoms with Crippen LogP contribution in [-0.2, 0) is 9.59 Å². The summed E-state index contributed by atoms with van der Waals surface area (Å²) in [5, 5.41) is 12.5. The molecular formula is C11H8NO4S-. The van der Waals surface area contributed by atoms with Gasteiger partial charge < -0.3 is 9.90 Å². The molecule has 1 aliphatic rings. The van der Waals surface area contributed by atoms with Gasteiger partial charge in [-0.1, -0.05) is 18.2 Å². The van der Waals surface area contributed by atoms with E-state index < -0.39 is 11.2 Å². The lowest BCUT2D eigenvalue weighted by atomic mass is 10.2. The van der Waals surface area contributed by atoms with Gasteiger partial charge in [-0.15, -0.1) is 11.8 Å². The molecule has 2 amide bonds. The predicted octanol–water partition coefficient (Wildman–Crippen LogP) is -0.443. The van der Waals surface area contributed by atoms with E-state index in [0.717, 1.165) is 11.8 Å². The van der Waals surface area contributed by atoms with E-state index in [1.54, 1.807) is 18.2 Å². The molecule has 1 N–H and O–H groups in total. The van der Waals surface area contributed by atoms with Crippen LogP contribution in [0.25, 0.3) is 0 Å². The number of thioether (sulfide) groups is 1. The van der Waals surface area contributed by atoms with E-state index in [0.29, 0.717) is 4.90 Å². The van der Waals surface area contributed by atoms with Crippen molar-refractivity contribution < 1.29 is 19.5 Å². The fourth-order valence-corrected chi connectivity index (χ4v) is 2.66. The molecule has 0 bridgehead atoms. The predicted molar refractivity (Wildman–Crippen MR) is 58.2 cm³/mol. The zero-order chi connectivity index (χ0) is 12.4. The van der Waals surface area contributed by atoms with Crippen LogP contribution in [0.2, 0.25) is 0 Å². The Morgan fingerprint density at radius 2 is 2.06 bits per heavy atom. The van der Waals surface area contributed by atoms with Crippen molar-refractivity contribution in [2.75, 3.05) is 0 Å². The summed E-state index contributed by atoms with van der Waals surface area (Å²) in [5.41, 5.74) is 0.0321. The van der Waals surface area contributed by atoms with E-state index in [9.17, 15) is 19.5 Å². The molecule has 6 heteroatoms. The van der Waals surface area contributed by atoms with Crippen molar-refractivity contribution in [1.82, 2.24) is 5.32 Å². The van der Waals surface area contributed by atoms with Gasteiger partial charge in [-0.2, -0.15) is 0 Å². The first-order chi connectivity index (χ1) is 8.08. The Bertz CT molecular complexity index is 500. The number of nitrogens with one attached hydrogen (secondary N) is 1. The molecule has 0 radical (unpaired) electrons. The first-order valence-electron chi connectivity index (χ1n) is 4.88. The van der Waals surface area contributed by atoms with Crippen molar-refractivity contribution in [3.8, 4) is 0 Å². The van der Waals surface area contributed by atoms with Crippen LogP contribution >= 0.6 is 11.8 Å². The molecule has 1 atom stereocenters. The number of aromatic carboxylic acids is 1. The number of hydrogen-bond donors (Lipinski definition) is 1. The smallest absolute Gasteiger partial charge is 0.240 e. The molecule has 0 saturated carbocycles. The number of carbonyl (C=O) groups is 3. The molecular weight excluding hydrogens is 242 g/mol. The van der Waals surface area contributed by atoms with E-state index in [1.165, 1.54) is 6.07 Å². The van der Waals surface area contributed by atoms with Gasteiger partial charge in [-0.25, -0.2) is 0 Å². The van der Waals surface area contributed by atoms with Crippen LogP contribution in [0.3, 0.4) is 0 Å². The van der Waals surface area contributed by atoms with Gasteiger partial charge in [-0.3, -0.25) is 14.9 Å². The van der Waals surface area contributed by atoms with Crippen LogP contribution in [-0.4, -0.2) is 23.0 Å². The quantitative estimate of drug-likeness (QED) is 0.735. The van der Waals surface area contributed by atoms with E-state index in [2.05, 4.69) is 5.32 Å². The molecule has 88 valence electrons. The third-order valence-electron chi connectivity index (χ3n) is 2.30. The first-order valence-corrected chi connectivity index (χ1v) is 5.76. The Hall–Kier alpha value is -1.82. The molecule has 1 fully saturated rings. The Balaban J connectivity index is 2.22. The molecule has 0 aliphatic carbocycles. The summed E-state index contributed by atoms with van der Waals surface area (Å²) in [4.78, 5) is 33.6. The lowest BCUT2D eigenvalue weighted by Crippen LogP contribution is -2.24. The summed E-state index contributed by atoms with van der Waals surface area (Å²) in [6.45, 7) is 0. The average Bonchev–Trinajstić information content (AvgIpc) is 2.58. The van der Waals surface area contributed by atoms with Crippen LogP contribution in [0.1, 0.15) is 16.8 Å². The minimum absolute atomic E-state index is 0.0321. The minimum Gasteiger partial charge on any atom is -0.545 e. The van der Waals surface area contributed by atoms with Gasteiger partial charge in [0, 0.05) is 16.9 Å². The highest BCUT2D eigenvalue weighted by atomic mass is 32.2. The number of carboxylic acid groups (broad SMARTS) is 1. The number of carboxylic acids is 1. The molecule has 0 spiro atoms. The van der Waals surface area contributed by atoms with Gasteiger partial charge in [0.25, 0.3) is 0 Å². The Kier molecular flexibility index (Phi) is 3.14. The second-order valence-electron chi connectivity index (χ2n) is 3.51. The van der Waals surface area contributed by atoms with Crippen molar-refractivity contribution in [2.45, 2.75) is 16.6 Å². The maximum absolute atomic E-state index is 11.4. The molecule has 1 aliphatic heterocycles. The molecule has 1 saturated heterocycles. The molecule has 5 nitrogen and oxygen atoms in total. The van der Waals surface area contributed by atoms with E-state index in [4.69, 9.17) is 0 Å². The summed E-state index contributed by atoms with van der Waals surface area (Å²) < 4.78 is 0. The SMILES string of the molecule is O=C1C[C@H](Sc2ccccc2C(=O)[O-])C(=O)N1. The van der Waals surface area contributed by atoms with Crippen molar-refractivity contribution >= 4 is 29.5 Å². The lowest BCUT2D eigenvalue weighted by Gasteiger charge is -2.11. The number of amides is 2. The van der Waals surface area contributed by atoms with E-state index in [-0.39, 0.29) is 23.8 Å². The first kappa shape index (κ1) is 11.7. The van der Waals surface area contributed by atoms with Crippen LogP contribution in [0.5, 0.6) is 0 Å². The molecule has 2 rings (SSSR count). The molecule has 0 aromatic heterocycles. The number of hydrogen-bond acceptors (Lipinski definition) is 5. The normalized spacial score (nSPS) is 19.2. The summed E-state index contributed by atoms with van der Waals surface area (Å²) in [7, 11) is 0. The van der Waals surface area contributed by atoms with Crippen molar-refractivity contribution in [3.63, 3.8) is 0 Å². The molecule has 0 unspecified atom stereocenters. The van der Waals surface area contributed by atoms with E-state index >= 15 is 0 Å². The second kappa shape index (κ2) is 4.58. The highest BCUT2D eigenvalue weighted by Gasteiger charge is 2.31. The van der Waals surface area contributed by atoms with Gasteiger partial charge in [-0.05, 0) is 6.07 Å². The minimum atomic E-state index is -1.29. The Labute approximate surface area is 101 Å². The maximum atomic E-state index is 11.4. The molecule has 17 heavy (non-hydrogen) atoms. The zero-order valence-corrected chi connectivity index (χ0v) is 9.45. The molecule has 1 heterocycles. The monoisotopic (exact) mass is 250 g/mol. The number of benzene rings is 1. The summed E-state index contributed by atoms with van der Waals surface area (Å²) in [5.74, 6) is -2.01. The van der Waals surface area contributed by atoms with Crippen LogP contribution < -0.4 is 10.4 Å². The third-order valence-corrected chi connectivity index (χ3v) is 3.58. The number of carbonyl (C=O) groups excluding carboxylic acids is 3. The molecule has 1 aromatic rings. The van der Waals surface area contributed by atoms with Gasteiger partial charge in [0.05, 0.1) is 11.2 Å². The number of imide groups is 1. The van der Waals surface area contributed by atoms with Gasteiger partial charge in [0.2, 0.25) is 11.8 Å². The standard InChI is InChI=1S/C11H9NO4S/c13-9-5-8(10(14)12-9)17-7-4-2-1-3-6(7)11(15)16/h1-4,8H,5H2,(H,15,16)(H,12,13,14)/p-1/t8-/m0/s1. The van der Waals surface area contributed by atoms with Crippen LogP contribution in [0, 0.1) is 0 Å². The van der Waals surface area contributed by atoms with Gasteiger partial charge in [0.1, 0.15) is 0 Å². The largest absolute Gasteiger partial charge is 0.545 e. The zero-order valence-electron chi connectivity index (χ0n) is 8.64. The maximum Gasteiger partial charge on any atom is 0.240 e. The summed E-state index contributed by atoms with van der Waals surface area (Å²) >= 11 is 1.06. The fourth-order valence-electron chi connectivity index (χ4n) is 1.52. The topological polar surface area (TPSA) is 86.3 Å². The highest BCUT2D eigenvalue weighted by Crippen LogP contribution is 2.30. The Morgan fingerprint density at radius 1 is 1.35 bits per heavy atom. The average molecular weight is 250 g/mol.